The molecule has 2 aromatic heterocycles. The molecule has 21 heavy (non-hydrogen) atoms. The summed E-state index contributed by atoms with van der Waals surface area (Å²) in [6.45, 7) is 3.27. The van der Waals surface area contributed by atoms with Gasteiger partial charge in [-0.15, -0.1) is 0 Å². The summed E-state index contributed by atoms with van der Waals surface area (Å²) in [6, 6.07) is 3.81. The van der Waals surface area contributed by atoms with E-state index in [1.54, 1.807) is 6.92 Å². The number of carbonyl (C=O) groups is 1. The number of oxazole rings is 1. The number of rotatable bonds is 3. The predicted molar refractivity (Wildman–Crippen MR) is 77.6 cm³/mol. The Balaban J connectivity index is 1.62. The number of hydrogen-bond donors (Lipinski definition) is 1. The molecule has 6 heteroatoms. The van der Waals surface area contributed by atoms with Crippen LogP contribution in [0.5, 0.6) is 0 Å². The first-order chi connectivity index (χ1) is 10.1. The molecule has 1 fully saturated rings. The van der Waals surface area contributed by atoms with Crippen LogP contribution >= 0.6 is 0 Å². The maximum Gasteiger partial charge on any atom is 0.276 e. The van der Waals surface area contributed by atoms with Crippen LogP contribution in [-0.2, 0) is 6.42 Å². The van der Waals surface area contributed by atoms with Crippen LogP contribution in [0, 0.1) is 12.8 Å². The van der Waals surface area contributed by atoms with Crippen molar-refractivity contribution in [1.29, 1.82) is 0 Å². The Labute approximate surface area is 123 Å². The summed E-state index contributed by atoms with van der Waals surface area (Å²) in [5.41, 5.74) is 7.16. The smallest absolute Gasteiger partial charge is 0.276 e. The van der Waals surface area contributed by atoms with Crippen LogP contribution in [0.3, 0.4) is 0 Å². The van der Waals surface area contributed by atoms with Crippen molar-refractivity contribution in [2.45, 2.75) is 19.8 Å². The number of pyridine rings is 1. The van der Waals surface area contributed by atoms with Gasteiger partial charge in [0.1, 0.15) is 11.6 Å². The van der Waals surface area contributed by atoms with E-state index in [1.165, 1.54) is 6.39 Å². The molecule has 0 saturated carbocycles. The summed E-state index contributed by atoms with van der Waals surface area (Å²) in [5.74, 6) is 1.51. The van der Waals surface area contributed by atoms with Crippen LogP contribution in [-0.4, -0.2) is 33.9 Å². The molecule has 1 atom stereocenters. The zero-order valence-corrected chi connectivity index (χ0v) is 12.0. The number of hydrogen-bond acceptors (Lipinski definition) is 5. The quantitative estimate of drug-likeness (QED) is 0.927. The Kier molecular flexibility index (Phi) is 3.60. The Morgan fingerprint density at radius 2 is 2.33 bits per heavy atom. The molecule has 1 aliphatic rings. The molecule has 3 heterocycles. The molecule has 0 aromatic carbocycles. The van der Waals surface area contributed by atoms with Crippen LogP contribution in [0.25, 0.3) is 0 Å². The van der Waals surface area contributed by atoms with Crippen molar-refractivity contribution in [2.24, 2.45) is 5.92 Å². The highest BCUT2D eigenvalue weighted by molar-refractivity contribution is 5.93. The summed E-state index contributed by atoms with van der Waals surface area (Å²) in [5, 5.41) is 0. The first-order valence-corrected chi connectivity index (χ1v) is 7.03. The van der Waals surface area contributed by atoms with E-state index in [1.807, 2.05) is 23.2 Å². The minimum atomic E-state index is -0.0424. The summed E-state index contributed by atoms with van der Waals surface area (Å²) in [7, 11) is 0. The number of amides is 1. The Morgan fingerprint density at radius 3 is 3.00 bits per heavy atom. The molecule has 2 N–H and O–H groups in total. The number of nitrogens with two attached hydrogens (primary N) is 1. The maximum absolute atomic E-state index is 12.3. The van der Waals surface area contributed by atoms with E-state index in [2.05, 4.69) is 9.97 Å². The van der Waals surface area contributed by atoms with Crippen molar-refractivity contribution in [3.8, 4) is 0 Å². The lowest BCUT2D eigenvalue weighted by molar-refractivity contribution is 0.0780. The monoisotopic (exact) mass is 286 g/mol. The third-order valence-corrected chi connectivity index (χ3v) is 3.89. The number of likely N-dealkylation sites (tertiary alicyclic amines) is 1. The van der Waals surface area contributed by atoms with Crippen molar-refractivity contribution >= 4 is 11.7 Å². The average molecular weight is 286 g/mol. The summed E-state index contributed by atoms with van der Waals surface area (Å²) in [6.07, 6.45) is 5.03. The van der Waals surface area contributed by atoms with Gasteiger partial charge in [0.2, 0.25) is 0 Å². The van der Waals surface area contributed by atoms with E-state index in [0.29, 0.717) is 23.2 Å². The van der Waals surface area contributed by atoms with E-state index in [9.17, 15) is 4.79 Å². The molecule has 0 radical (unpaired) electrons. The largest absolute Gasteiger partial charge is 0.448 e. The van der Waals surface area contributed by atoms with Crippen molar-refractivity contribution < 1.29 is 9.21 Å². The van der Waals surface area contributed by atoms with Crippen LogP contribution in [0.15, 0.2) is 29.1 Å². The molecule has 6 nitrogen and oxygen atoms in total. The Morgan fingerprint density at radius 1 is 1.48 bits per heavy atom. The minimum absolute atomic E-state index is 0.0424. The second-order valence-electron chi connectivity index (χ2n) is 5.46. The van der Waals surface area contributed by atoms with Crippen LogP contribution in [0.4, 0.5) is 5.82 Å². The van der Waals surface area contributed by atoms with E-state index in [0.717, 1.165) is 31.5 Å². The fraction of sp³-hybridized carbons (Fsp3) is 0.400. The van der Waals surface area contributed by atoms with E-state index in [4.69, 9.17) is 10.2 Å². The normalized spacial score (nSPS) is 18.1. The average Bonchev–Trinajstić information content (AvgIpc) is 3.10. The van der Waals surface area contributed by atoms with Crippen molar-refractivity contribution in [2.75, 3.05) is 18.8 Å². The second-order valence-corrected chi connectivity index (χ2v) is 5.46. The lowest BCUT2D eigenvalue weighted by atomic mass is 10.00. The van der Waals surface area contributed by atoms with Gasteiger partial charge in [-0.05, 0) is 37.3 Å². The molecule has 0 bridgehead atoms. The van der Waals surface area contributed by atoms with Crippen molar-refractivity contribution in [3.05, 3.63) is 41.7 Å². The Hall–Kier alpha value is -2.37. The lowest BCUT2D eigenvalue weighted by Crippen LogP contribution is -2.29. The van der Waals surface area contributed by atoms with Crippen molar-refractivity contribution in [3.63, 3.8) is 0 Å². The summed E-state index contributed by atoms with van der Waals surface area (Å²) < 4.78 is 5.10. The SMILES string of the molecule is Cc1ocnc1C(=O)N1CCC(Cc2ccc(N)nc2)C1. The number of nitrogens with zero attached hydrogens (tertiary/aromatic N) is 3. The van der Waals surface area contributed by atoms with Gasteiger partial charge < -0.3 is 15.1 Å². The molecule has 3 rings (SSSR count). The molecule has 0 aliphatic carbocycles. The van der Waals surface area contributed by atoms with Crippen molar-refractivity contribution in [1.82, 2.24) is 14.9 Å². The van der Waals surface area contributed by atoms with Gasteiger partial charge in [0.05, 0.1) is 0 Å². The topological polar surface area (TPSA) is 85.2 Å². The highest BCUT2D eigenvalue weighted by Gasteiger charge is 2.29. The summed E-state index contributed by atoms with van der Waals surface area (Å²) >= 11 is 0. The number of aromatic nitrogens is 2. The molecule has 1 unspecified atom stereocenters. The highest BCUT2D eigenvalue weighted by atomic mass is 16.3. The van der Waals surface area contributed by atoms with Crippen LogP contribution < -0.4 is 5.73 Å². The molecule has 1 aliphatic heterocycles. The van der Waals surface area contributed by atoms with E-state index in [-0.39, 0.29) is 5.91 Å². The first kappa shape index (κ1) is 13.6. The summed E-state index contributed by atoms with van der Waals surface area (Å²) in [4.78, 5) is 22.3. The van der Waals surface area contributed by atoms with Gasteiger partial charge in [-0.25, -0.2) is 9.97 Å². The molecular formula is C15H18N4O2. The van der Waals surface area contributed by atoms with E-state index >= 15 is 0 Å². The number of carbonyl (C=O) groups excluding carboxylic acids is 1. The van der Waals surface area contributed by atoms with Gasteiger partial charge in [-0.3, -0.25) is 4.79 Å². The van der Waals surface area contributed by atoms with Gasteiger partial charge in [-0.1, -0.05) is 6.07 Å². The van der Waals surface area contributed by atoms with Gasteiger partial charge in [0.15, 0.2) is 12.1 Å². The van der Waals surface area contributed by atoms with Gasteiger partial charge >= 0.3 is 0 Å². The van der Waals surface area contributed by atoms with Gasteiger partial charge in [-0.2, -0.15) is 0 Å². The standard InChI is InChI=1S/C15H18N4O2/c1-10-14(18-9-21-10)15(20)19-5-4-12(8-19)6-11-2-3-13(16)17-7-11/h2-3,7,9,12H,4-6,8H2,1H3,(H2,16,17). The number of aryl methyl sites for hydroxylation is 1. The van der Waals surface area contributed by atoms with Crippen LogP contribution in [0.2, 0.25) is 0 Å². The van der Waals surface area contributed by atoms with Gasteiger partial charge in [0, 0.05) is 19.3 Å². The number of anilines is 1. The molecule has 110 valence electrons. The molecule has 1 amide bonds. The minimum Gasteiger partial charge on any atom is -0.448 e. The fourth-order valence-corrected chi connectivity index (χ4v) is 2.73. The third kappa shape index (κ3) is 2.89. The maximum atomic E-state index is 12.3. The molecule has 1 saturated heterocycles. The fourth-order valence-electron chi connectivity index (χ4n) is 2.73. The predicted octanol–water partition coefficient (Wildman–Crippen LogP) is 1.67. The van der Waals surface area contributed by atoms with E-state index < -0.39 is 0 Å². The first-order valence-electron chi connectivity index (χ1n) is 7.03. The second kappa shape index (κ2) is 5.55. The zero-order valence-electron chi connectivity index (χ0n) is 12.0. The number of nitrogen functional groups attached to an aromatic ring is 1. The molecular weight excluding hydrogens is 268 g/mol. The Bertz CT molecular complexity index is 635. The molecule has 2 aromatic rings. The zero-order chi connectivity index (χ0) is 14.8. The molecule has 0 spiro atoms. The van der Waals surface area contributed by atoms with Gasteiger partial charge in [0.25, 0.3) is 5.91 Å². The van der Waals surface area contributed by atoms with Crippen LogP contribution in [0.1, 0.15) is 28.2 Å². The lowest BCUT2D eigenvalue weighted by Gasteiger charge is -2.15. The highest BCUT2D eigenvalue weighted by Crippen LogP contribution is 2.23. The third-order valence-electron chi connectivity index (χ3n) is 3.89.